The first-order valence-corrected chi connectivity index (χ1v) is 15.0. The third kappa shape index (κ3) is 8.48. The Morgan fingerprint density at radius 1 is 0.800 bits per heavy atom. The SMILES string of the molecule is COC(=O)CC(NC(=O)c1cc2ccc(Oc3ccc(C(C)(C)C)cc3)cc2cn1)c1ccc(OCCc2ccccc2)cc1. The van der Waals surface area contributed by atoms with Crippen LogP contribution in [0.2, 0.25) is 0 Å². The Balaban J connectivity index is 1.24. The van der Waals surface area contributed by atoms with Crippen LogP contribution in [0.25, 0.3) is 10.8 Å². The van der Waals surface area contributed by atoms with E-state index in [-0.39, 0.29) is 17.5 Å². The summed E-state index contributed by atoms with van der Waals surface area (Å²) in [6.45, 7) is 7.06. The molecule has 7 heteroatoms. The number of fused-ring (bicyclic) bond motifs is 1. The van der Waals surface area contributed by atoms with Crippen LogP contribution in [0.1, 0.15) is 60.4 Å². The van der Waals surface area contributed by atoms with Crippen molar-refractivity contribution in [1.82, 2.24) is 10.3 Å². The number of methoxy groups -OCH3 is 1. The number of amides is 1. The van der Waals surface area contributed by atoms with Crippen LogP contribution < -0.4 is 14.8 Å². The lowest BCUT2D eigenvalue weighted by Crippen LogP contribution is -2.31. The van der Waals surface area contributed by atoms with Gasteiger partial charge in [0, 0.05) is 18.0 Å². The monoisotopic (exact) mass is 602 g/mol. The third-order valence-electron chi connectivity index (χ3n) is 7.57. The minimum atomic E-state index is -0.610. The maximum absolute atomic E-state index is 13.3. The molecule has 0 fully saturated rings. The minimum Gasteiger partial charge on any atom is -0.493 e. The Labute approximate surface area is 264 Å². The summed E-state index contributed by atoms with van der Waals surface area (Å²) < 4.78 is 16.9. The molecule has 0 aliphatic rings. The summed E-state index contributed by atoms with van der Waals surface area (Å²) in [5.41, 5.74) is 3.50. The van der Waals surface area contributed by atoms with Crippen molar-refractivity contribution in [3.8, 4) is 17.2 Å². The predicted molar refractivity (Wildman–Crippen MR) is 176 cm³/mol. The molecule has 4 aromatic carbocycles. The minimum absolute atomic E-state index is 0.0263. The lowest BCUT2D eigenvalue weighted by atomic mass is 9.87. The highest BCUT2D eigenvalue weighted by Gasteiger charge is 2.21. The molecule has 0 saturated carbocycles. The zero-order valence-corrected chi connectivity index (χ0v) is 26.1. The van der Waals surface area contributed by atoms with E-state index in [0.717, 1.165) is 28.5 Å². The highest BCUT2D eigenvalue weighted by molar-refractivity contribution is 5.97. The number of pyridine rings is 1. The van der Waals surface area contributed by atoms with Gasteiger partial charge in [0.1, 0.15) is 22.9 Å². The maximum Gasteiger partial charge on any atom is 0.307 e. The maximum atomic E-state index is 13.3. The van der Waals surface area contributed by atoms with Gasteiger partial charge in [-0.05, 0) is 70.0 Å². The van der Waals surface area contributed by atoms with Gasteiger partial charge in [0.15, 0.2) is 0 Å². The van der Waals surface area contributed by atoms with Crippen LogP contribution in [0.4, 0.5) is 0 Å². The number of nitrogens with zero attached hydrogens (tertiary/aromatic N) is 1. The summed E-state index contributed by atoms with van der Waals surface area (Å²) in [7, 11) is 1.33. The van der Waals surface area contributed by atoms with Gasteiger partial charge in [0.25, 0.3) is 5.91 Å². The van der Waals surface area contributed by atoms with Gasteiger partial charge in [-0.3, -0.25) is 14.6 Å². The second-order valence-electron chi connectivity index (χ2n) is 11.9. The number of aromatic nitrogens is 1. The van der Waals surface area contributed by atoms with E-state index in [2.05, 4.69) is 55.3 Å². The van der Waals surface area contributed by atoms with Gasteiger partial charge >= 0.3 is 5.97 Å². The van der Waals surface area contributed by atoms with Crippen molar-refractivity contribution < 1.29 is 23.8 Å². The molecular weight excluding hydrogens is 564 g/mol. The van der Waals surface area contributed by atoms with Gasteiger partial charge in [-0.15, -0.1) is 0 Å². The molecule has 1 heterocycles. The number of nitrogens with one attached hydrogen (secondary N) is 1. The van der Waals surface area contributed by atoms with E-state index in [4.69, 9.17) is 14.2 Å². The molecule has 0 aliphatic carbocycles. The fourth-order valence-electron chi connectivity index (χ4n) is 4.93. The van der Waals surface area contributed by atoms with E-state index in [1.165, 1.54) is 18.2 Å². The van der Waals surface area contributed by atoms with E-state index < -0.39 is 17.9 Å². The highest BCUT2D eigenvalue weighted by atomic mass is 16.5. The Kier molecular flexibility index (Phi) is 9.78. The van der Waals surface area contributed by atoms with E-state index in [9.17, 15) is 9.59 Å². The fourth-order valence-corrected chi connectivity index (χ4v) is 4.93. The van der Waals surface area contributed by atoms with Gasteiger partial charge in [-0.1, -0.05) is 81.4 Å². The lowest BCUT2D eigenvalue weighted by molar-refractivity contribution is -0.141. The highest BCUT2D eigenvalue weighted by Crippen LogP contribution is 2.29. The number of hydrogen-bond donors (Lipinski definition) is 1. The number of ether oxygens (including phenoxy) is 3. The number of esters is 1. The predicted octanol–water partition coefficient (Wildman–Crippen LogP) is 7.98. The third-order valence-corrected chi connectivity index (χ3v) is 7.57. The molecule has 1 unspecified atom stereocenters. The van der Waals surface area contributed by atoms with Crippen LogP contribution in [0.15, 0.2) is 109 Å². The van der Waals surface area contributed by atoms with Gasteiger partial charge in [-0.25, -0.2) is 0 Å². The number of benzene rings is 4. The van der Waals surface area contributed by atoms with Gasteiger partial charge in [0.05, 0.1) is 26.2 Å². The van der Waals surface area contributed by atoms with Crippen molar-refractivity contribution in [2.75, 3.05) is 13.7 Å². The van der Waals surface area contributed by atoms with Crippen molar-refractivity contribution in [3.63, 3.8) is 0 Å². The molecule has 0 radical (unpaired) electrons. The van der Waals surface area contributed by atoms with Crippen LogP contribution >= 0.6 is 0 Å². The zero-order valence-electron chi connectivity index (χ0n) is 26.1. The summed E-state index contributed by atoms with van der Waals surface area (Å²) in [6.07, 6.45) is 2.42. The Morgan fingerprint density at radius 2 is 1.49 bits per heavy atom. The van der Waals surface area contributed by atoms with Crippen LogP contribution in [-0.2, 0) is 21.4 Å². The van der Waals surface area contributed by atoms with Crippen molar-refractivity contribution >= 4 is 22.6 Å². The number of carbonyl (C=O) groups is 2. The molecule has 5 aromatic rings. The van der Waals surface area contributed by atoms with Gasteiger partial charge in [0.2, 0.25) is 0 Å². The van der Waals surface area contributed by atoms with Crippen LogP contribution in [-0.4, -0.2) is 30.6 Å². The number of hydrogen-bond acceptors (Lipinski definition) is 6. The molecule has 1 atom stereocenters. The van der Waals surface area contributed by atoms with E-state index in [1.807, 2.05) is 72.8 Å². The lowest BCUT2D eigenvalue weighted by Gasteiger charge is -2.19. The van der Waals surface area contributed by atoms with Gasteiger partial charge < -0.3 is 19.5 Å². The smallest absolute Gasteiger partial charge is 0.307 e. The Bertz CT molecular complexity index is 1740. The number of rotatable bonds is 11. The molecule has 7 nitrogen and oxygen atoms in total. The van der Waals surface area contributed by atoms with Crippen molar-refractivity contribution in [2.24, 2.45) is 0 Å². The molecular formula is C38H38N2O5. The molecule has 1 aromatic heterocycles. The molecule has 0 saturated heterocycles. The molecule has 0 aliphatic heterocycles. The van der Waals surface area contributed by atoms with Crippen LogP contribution in [0, 0.1) is 0 Å². The topological polar surface area (TPSA) is 86.8 Å². The Hall–Kier alpha value is -5.17. The fraction of sp³-hybridized carbons (Fsp3) is 0.237. The average molecular weight is 603 g/mol. The van der Waals surface area contributed by atoms with Gasteiger partial charge in [-0.2, -0.15) is 0 Å². The summed E-state index contributed by atoms with van der Waals surface area (Å²) in [5.74, 6) is 1.30. The average Bonchev–Trinajstić information content (AvgIpc) is 3.04. The molecule has 5 rings (SSSR count). The first-order chi connectivity index (χ1) is 21.7. The molecule has 45 heavy (non-hydrogen) atoms. The second kappa shape index (κ2) is 14.1. The molecule has 1 N–H and O–H groups in total. The molecule has 230 valence electrons. The van der Waals surface area contributed by atoms with Crippen LogP contribution in [0.3, 0.4) is 0 Å². The van der Waals surface area contributed by atoms with Crippen LogP contribution in [0.5, 0.6) is 17.2 Å². The van der Waals surface area contributed by atoms with E-state index in [0.29, 0.717) is 18.1 Å². The summed E-state index contributed by atoms with van der Waals surface area (Å²) in [6, 6.07) is 32.4. The van der Waals surface area contributed by atoms with Crippen molar-refractivity contribution in [3.05, 3.63) is 132 Å². The molecule has 0 spiro atoms. The van der Waals surface area contributed by atoms with Crippen molar-refractivity contribution in [1.29, 1.82) is 0 Å². The Morgan fingerprint density at radius 3 is 2.18 bits per heavy atom. The summed E-state index contributed by atoms with van der Waals surface area (Å²) in [5, 5.41) is 4.63. The largest absolute Gasteiger partial charge is 0.493 e. The zero-order chi connectivity index (χ0) is 31.8. The van der Waals surface area contributed by atoms with E-state index >= 15 is 0 Å². The van der Waals surface area contributed by atoms with Crippen molar-refractivity contribution in [2.45, 2.75) is 45.1 Å². The van der Waals surface area contributed by atoms with E-state index in [1.54, 1.807) is 12.3 Å². The summed E-state index contributed by atoms with van der Waals surface area (Å²) in [4.78, 5) is 30.0. The first-order valence-electron chi connectivity index (χ1n) is 15.0. The molecule has 1 amide bonds. The second-order valence-corrected chi connectivity index (χ2v) is 11.9. The number of carbonyl (C=O) groups excluding carboxylic acids is 2. The summed E-state index contributed by atoms with van der Waals surface area (Å²) >= 11 is 0. The normalized spacial score (nSPS) is 11.9. The standard InChI is InChI=1S/C38H38N2O5/c1-38(2,3)30-13-18-32(19-14-30)45-33-17-12-28-23-35(39-25-29(28)22-33)37(42)40-34(24-36(41)43-4)27-10-15-31(16-11-27)44-21-20-26-8-6-5-7-9-26/h5-19,22-23,25,34H,20-21,24H2,1-4H3,(H,40,42). The first kappa shape index (κ1) is 31.3. The quantitative estimate of drug-likeness (QED) is 0.154. The molecule has 0 bridgehead atoms.